The van der Waals surface area contributed by atoms with Crippen molar-refractivity contribution in [1.29, 1.82) is 0 Å². The third-order valence-electron chi connectivity index (χ3n) is 3.70. The average molecular weight is 415 g/mol. The van der Waals surface area contributed by atoms with Crippen LogP contribution >= 0.6 is 31.9 Å². The zero-order valence-electron chi connectivity index (χ0n) is 12.7. The van der Waals surface area contributed by atoms with Crippen LogP contribution in [0, 0.1) is 12.8 Å². The molecule has 1 aromatic heterocycles. The summed E-state index contributed by atoms with van der Waals surface area (Å²) in [6, 6.07) is 8.45. The number of aromatic nitrogens is 2. The van der Waals surface area contributed by atoms with Crippen LogP contribution in [0.25, 0.3) is 0 Å². The molecule has 0 aliphatic heterocycles. The molecule has 0 radical (unpaired) electrons. The fraction of sp³-hybridized carbons (Fsp3) is 0.438. The summed E-state index contributed by atoms with van der Waals surface area (Å²) < 4.78 is 4.31. The van der Waals surface area contributed by atoms with Crippen molar-refractivity contribution in [3.63, 3.8) is 0 Å². The smallest absolute Gasteiger partial charge is 0.0738 e. The minimum absolute atomic E-state index is 0.528. The molecular weight excluding hydrogens is 394 g/mol. The summed E-state index contributed by atoms with van der Waals surface area (Å²) in [5, 5.41) is 7.80. The molecule has 2 aromatic rings. The number of hydrogen-bond acceptors (Lipinski definition) is 2. The quantitative estimate of drug-likeness (QED) is 0.777. The molecule has 0 fully saturated rings. The van der Waals surface area contributed by atoms with Gasteiger partial charge in [0.2, 0.25) is 0 Å². The zero-order chi connectivity index (χ0) is 15.4. The average Bonchev–Trinajstić information content (AvgIpc) is 2.68. The van der Waals surface area contributed by atoms with Gasteiger partial charge in [0.15, 0.2) is 0 Å². The number of hydrogen-bond donors (Lipinski definition) is 1. The molecule has 0 saturated heterocycles. The molecule has 1 N–H and O–H groups in total. The van der Waals surface area contributed by atoms with E-state index in [1.165, 1.54) is 15.7 Å². The fourth-order valence-corrected chi connectivity index (χ4v) is 3.60. The van der Waals surface area contributed by atoms with Crippen LogP contribution in [0.5, 0.6) is 0 Å². The van der Waals surface area contributed by atoms with Crippen molar-refractivity contribution >= 4 is 31.9 Å². The summed E-state index contributed by atoms with van der Waals surface area (Å²) >= 11 is 7.31. The predicted molar refractivity (Wildman–Crippen MR) is 94.6 cm³/mol. The summed E-state index contributed by atoms with van der Waals surface area (Å²) in [7, 11) is 4.03. The van der Waals surface area contributed by atoms with Gasteiger partial charge in [-0.1, -0.05) is 34.1 Å². The van der Waals surface area contributed by atoms with Gasteiger partial charge in [0.25, 0.3) is 0 Å². The molecule has 0 amide bonds. The van der Waals surface area contributed by atoms with Gasteiger partial charge >= 0.3 is 0 Å². The Balaban J connectivity index is 2.18. The van der Waals surface area contributed by atoms with Gasteiger partial charge in [-0.25, -0.2) is 0 Å². The Hall–Kier alpha value is -0.650. The first-order valence-corrected chi connectivity index (χ1v) is 8.67. The van der Waals surface area contributed by atoms with Crippen molar-refractivity contribution in [2.45, 2.75) is 19.8 Å². The van der Waals surface area contributed by atoms with Gasteiger partial charge in [0.05, 0.1) is 15.9 Å². The van der Waals surface area contributed by atoms with Crippen molar-refractivity contribution in [2.75, 3.05) is 13.6 Å². The van der Waals surface area contributed by atoms with E-state index in [-0.39, 0.29) is 0 Å². The van der Waals surface area contributed by atoms with Crippen LogP contribution in [-0.2, 0) is 19.9 Å². The van der Waals surface area contributed by atoms with Gasteiger partial charge in [-0.15, -0.1) is 0 Å². The van der Waals surface area contributed by atoms with E-state index in [0.717, 1.165) is 29.6 Å². The third-order valence-corrected chi connectivity index (χ3v) is 5.51. The maximum Gasteiger partial charge on any atom is 0.0738 e. The Morgan fingerprint density at radius 2 is 1.95 bits per heavy atom. The lowest BCUT2D eigenvalue weighted by atomic mass is 9.94. The van der Waals surface area contributed by atoms with Crippen LogP contribution in [-0.4, -0.2) is 23.4 Å². The molecule has 0 saturated carbocycles. The molecule has 1 atom stereocenters. The molecule has 1 aromatic carbocycles. The Morgan fingerprint density at radius 1 is 1.24 bits per heavy atom. The molecule has 114 valence electrons. The van der Waals surface area contributed by atoms with Gasteiger partial charge in [-0.2, -0.15) is 5.10 Å². The highest BCUT2D eigenvalue weighted by Crippen LogP contribution is 2.26. The Bertz CT molecular complexity index is 608. The molecule has 1 unspecified atom stereocenters. The Labute approximate surface area is 143 Å². The van der Waals surface area contributed by atoms with E-state index < -0.39 is 0 Å². The lowest BCUT2D eigenvalue weighted by Gasteiger charge is -2.18. The minimum atomic E-state index is 0.528. The van der Waals surface area contributed by atoms with Crippen molar-refractivity contribution in [3.8, 4) is 0 Å². The second kappa shape index (κ2) is 7.56. The van der Waals surface area contributed by atoms with Crippen molar-refractivity contribution in [1.82, 2.24) is 15.1 Å². The summed E-state index contributed by atoms with van der Waals surface area (Å²) in [6.07, 6.45) is 2.04. The standard InChI is InChI=1S/C16H21Br2N3/c1-11-16(18)15(21(3)20-11)9-12(10-19-2)8-13-6-4-5-7-14(13)17/h4-7,12,19H,8-10H2,1-3H3. The normalized spacial score (nSPS) is 12.6. The van der Waals surface area contributed by atoms with Crippen molar-refractivity contribution < 1.29 is 0 Å². The van der Waals surface area contributed by atoms with Crippen molar-refractivity contribution in [3.05, 3.63) is 50.2 Å². The number of halogens is 2. The maximum atomic E-state index is 4.49. The lowest BCUT2D eigenvalue weighted by molar-refractivity contribution is 0.475. The summed E-state index contributed by atoms with van der Waals surface area (Å²) in [5.74, 6) is 0.528. The maximum absolute atomic E-state index is 4.49. The van der Waals surface area contributed by atoms with E-state index in [1.54, 1.807) is 0 Å². The second-order valence-electron chi connectivity index (χ2n) is 5.39. The number of nitrogens with one attached hydrogen (secondary N) is 1. The monoisotopic (exact) mass is 413 g/mol. The van der Waals surface area contributed by atoms with Crippen LogP contribution in [0.15, 0.2) is 33.2 Å². The van der Waals surface area contributed by atoms with Crippen LogP contribution in [0.2, 0.25) is 0 Å². The SMILES string of the molecule is CNCC(Cc1ccccc1Br)Cc1c(Br)c(C)nn1C. The molecule has 1 heterocycles. The molecule has 2 rings (SSSR count). The highest BCUT2D eigenvalue weighted by Gasteiger charge is 2.17. The van der Waals surface area contributed by atoms with Gasteiger partial charge in [-0.05, 0) is 66.8 Å². The van der Waals surface area contributed by atoms with Crippen LogP contribution in [0.4, 0.5) is 0 Å². The molecule has 0 aliphatic rings. The number of nitrogens with zero attached hydrogens (tertiary/aromatic N) is 2. The minimum Gasteiger partial charge on any atom is -0.319 e. The molecule has 3 nitrogen and oxygen atoms in total. The summed E-state index contributed by atoms with van der Waals surface area (Å²) in [4.78, 5) is 0. The van der Waals surface area contributed by atoms with Crippen LogP contribution in [0.3, 0.4) is 0 Å². The molecule has 21 heavy (non-hydrogen) atoms. The van der Waals surface area contributed by atoms with E-state index in [9.17, 15) is 0 Å². The van der Waals surface area contributed by atoms with E-state index >= 15 is 0 Å². The third kappa shape index (κ3) is 4.18. The molecular formula is C16H21Br2N3. The van der Waals surface area contributed by atoms with Crippen LogP contribution < -0.4 is 5.32 Å². The molecule has 0 spiro atoms. The van der Waals surface area contributed by atoms with Crippen LogP contribution in [0.1, 0.15) is 17.0 Å². The first-order valence-electron chi connectivity index (χ1n) is 7.09. The van der Waals surface area contributed by atoms with Gasteiger partial charge in [0.1, 0.15) is 0 Å². The second-order valence-corrected chi connectivity index (χ2v) is 7.04. The topological polar surface area (TPSA) is 29.9 Å². The fourth-order valence-electron chi connectivity index (χ4n) is 2.66. The largest absolute Gasteiger partial charge is 0.319 e. The molecule has 0 aliphatic carbocycles. The molecule has 0 bridgehead atoms. The predicted octanol–water partition coefficient (Wildman–Crippen LogP) is 3.87. The lowest BCUT2D eigenvalue weighted by Crippen LogP contribution is -2.24. The van der Waals surface area contributed by atoms with Crippen molar-refractivity contribution in [2.24, 2.45) is 13.0 Å². The first-order chi connectivity index (χ1) is 10.0. The first kappa shape index (κ1) is 16.7. The Morgan fingerprint density at radius 3 is 2.52 bits per heavy atom. The highest BCUT2D eigenvalue weighted by atomic mass is 79.9. The number of rotatable bonds is 6. The van der Waals surface area contributed by atoms with E-state index in [2.05, 4.69) is 66.5 Å². The summed E-state index contributed by atoms with van der Waals surface area (Å²) in [6.45, 7) is 3.02. The van der Waals surface area contributed by atoms with E-state index in [0.29, 0.717) is 5.92 Å². The highest BCUT2D eigenvalue weighted by molar-refractivity contribution is 9.10. The molecule has 5 heteroatoms. The van der Waals surface area contributed by atoms with Gasteiger partial charge in [-0.3, -0.25) is 4.68 Å². The van der Waals surface area contributed by atoms with Gasteiger partial charge < -0.3 is 5.32 Å². The van der Waals surface area contributed by atoms with Gasteiger partial charge in [0, 0.05) is 11.5 Å². The number of aryl methyl sites for hydroxylation is 2. The van der Waals surface area contributed by atoms with E-state index in [4.69, 9.17) is 0 Å². The van der Waals surface area contributed by atoms with E-state index in [1.807, 2.05) is 25.7 Å². The zero-order valence-corrected chi connectivity index (χ0v) is 15.8. The number of benzene rings is 1. The summed E-state index contributed by atoms with van der Waals surface area (Å²) in [5.41, 5.74) is 3.67. The Kier molecular flexibility index (Phi) is 6.02.